The molecule has 104 valence electrons. The predicted molar refractivity (Wildman–Crippen MR) is 82.2 cm³/mol. The van der Waals surface area contributed by atoms with Crippen molar-refractivity contribution < 1.29 is 4.79 Å². The summed E-state index contributed by atoms with van der Waals surface area (Å²) in [5, 5.41) is 0. The van der Waals surface area contributed by atoms with Crippen LogP contribution >= 0.6 is 0 Å². The topological polar surface area (TPSA) is 32.7 Å². The molecule has 0 N–H and O–H groups in total. The molecule has 0 unspecified atom stereocenters. The molecule has 2 heterocycles. The number of carbonyl (C=O) groups excluding carboxylic acids is 1. The first-order valence-corrected chi connectivity index (χ1v) is 7.00. The second kappa shape index (κ2) is 4.05. The van der Waals surface area contributed by atoms with E-state index in [0.717, 1.165) is 12.1 Å². The van der Waals surface area contributed by atoms with Crippen LogP contribution in [-0.4, -0.2) is 18.3 Å². The van der Waals surface area contributed by atoms with Crippen molar-refractivity contribution in [3.63, 3.8) is 0 Å². The van der Waals surface area contributed by atoms with Gasteiger partial charge in [-0.05, 0) is 23.5 Å². The Hall–Kier alpha value is -1.90. The highest BCUT2D eigenvalue weighted by Crippen LogP contribution is 2.58. The quantitative estimate of drug-likeness (QED) is 0.757. The zero-order valence-corrected chi connectivity index (χ0v) is 12.3. The number of allylic oxidation sites excluding steroid dienone is 1. The molecule has 1 aromatic rings. The van der Waals surface area contributed by atoms with Crippen LogP contribution in [0.1, 0.15) is 32.8 Å². The lowest BCUT2D eigenvalue weighted by atomic mass is 9.60. The molecule has 3 heteroatoms. The highest BCUT2D eigenvalue weighted by atomic mass is 16.2. The zero-order valence-electron chi connectivity index (χ0n) is 12.3. The number of para-hydroxylation sites is 1. The molecule has 1 amide bonds. The van der Waals surface area contributed by atoms with Crippen molar-refractivity contribution in [1.82, 2.24) is 0 Å². The van der Waals surface area contributed by atoms with Gasteiger partial charge in [-0.1, -0.05) is 38.1 Å². The van der Waals surface area contributed by atoms with E-state index >= 15 is 0 Å². The zero-order chi connectivity index (χ0) is 14.5. The van der Waals surface area contributed by atoms with Gasteiger partial charge in [-0.2, -0.15) is 0 Å². The van der Waals surface area contributed by atoms with Gasteiger partial charge >= 0.3 is 0 Å². The van der Waals surface area contributed by atoms with Crippen LogP contribution in [0.2, 0.25) is 0 Å². The number of nitrogens with zero attached hydrogens (tertiary/aromatic N) is 2. The SMILES string of the molecule is C=CC(C)(C)[C@@]12CC=N[C@@H]1N(C(C)=O)c1ccccc12. The average Bonchev–Trinajstić information content (AvgIpc) is 2.94. The minimum Gasteiger partial charge on any atom is -0.289 e. The van der Waals surface area contributed by atoms with Crippen LogP contribution in [0.4, 0.5) is 5.69 Å². The number of amides is 1. The Kier molecular flexibility index (Phi) is 2.65. The Labute approximate surface area is 120 Å². The molecule has 20 heavy (non-hydrogen) atoms. The summed E-state index contributed by atoms with van der Waals surface area (Å²) >= 11 is 0. The molecule has 3 nitrogen and oxygen atoms in total. The molecule has 0 aromatic heterocycles. The summed E-state index contributed by atoms with van der Waals surface area (Å²) in [5.74, 6) is 0.0447. The lowest BCUT2D eigenvalue weighted by Gasteiger charge is -2.43. The minimum absolute atomic E-state index is 0.0447. The Balaban J connectivity index is 2.30. The first-order chi connectivity index (χ1) is 9.45. The third-order valence-corrected chi connectivity index (χ3v) is 4.99. The molecule has 0 spiro atoms. The largest absolute Gasteiger partial charge is 0.289 e. The van der Waals surface area contributed by atoms with Crippen LogP contribution < -0.4 is 4.90 Å². The number of rotatable bonds is 2. The van der Waals surface area contributed by atoms with E-state index in [2.05, 4.69) is 31.5 Å². The summed E-state index contributed by atoms with van der Waals surface area (Å²) in [7, 11) is 0. The predicted octanol–water partition coefficient (Wildman–Crippen LogP) is 3.30. The van der Waals surface area contributed by atoms with E-state index in [1.807, 2.05) is 35.4 Å². The molecular formula is C17H20N2O. The highest BCUT2D eigenvalue weighted by Gasteiger charge is 2.60. The molecule has 0 bridgehead atoms. The standard InChI is InChI=1S/C17H20N2O/c1-5-16(3,4)17-10-11-18-15(17)19(12(2)20)14-9-7-6-8-13(14)17/h5-9,11,15H,1,10H2,2-4H3/t15-,17-/m1/s1. The molecule has 0 saturated carbocycles. The molecule has 0 radical (unpaired) electrons. The fourth-order valence-corrected chi connectivity index (χ4v) is 3.72. The third kappa shape index (κ3) is 1.35. The highest BCUT2D eigenvalue weighted by molar-refractivity contribution is 5.97. The van der Waals surface area contributed by atoms with Crippen molar-refractivity contribution in [3.05, 3.63) is 42.5 Å². The third-order valence-electron chi connectivity index (χ3n) is 4.99. The van der Waals surface area contributed by atoms with Gasteiger partial charge in [0.15, 0.2) is 0 Å². The smallest absolute Gasteiger partial charge is 0.225 e. The van der Waals surface area contributed by atoms with Gasteiger partial charge in [0.1, 0.15) is 6.17 Å². The van der Waals surface area contributed by atoms with E-state index in [1.165, 1.54) is 5.56 Å². The Morgan fingerprint density at radius 2 is 2.20 bits per heavy atom. The van der Waals surface area contributed by atoms with Gasteiger partial charge in [0.25, 0.3) is 0 Å². The molecule has 2 atom stereocenters. The van der Waals surface area contributed by atoms with Gasteiger partial charge in [0, 0.05) is 18.8 Å². The monoisotopic (exact) mass is 268 g/mol. The first-order valence-electron chi connectivity index (χ1n) is 7.00. The summed E-state index contributed by atoms with van der Waals surface area (Å²) in [6.07, 6.45) is 4.65. The van der Waals surface area contributed by atoms with Gasteiger partial charge in [0.2, 0.25) is 5.91 Å². The van der Waals surface area contributed by atoms with Gasteiger partial charge in [0.05, 0.1) is 5.41 Å². The van der Waals surface area contributed by atoms with E-state index in [1.54, 1.807) is 6.92 Å². The maximum atomic E-state index is 12.1. The van der Waals surface area contributed by atoms with Gasteiger partial charge < -0.3 is 0 Å². The van der Waals surface area contributed by atoms with Crippen LogP contribution in [0.5, 0.6) is 0 Å². The summed E-state index contributed by atoms with van der Waals surface area (Å²) in [4.78, 5) is 18.6. The normalized spacial score (nSPS) is 27.4. The van der Waals surface area contributed by atoms with E-state index in [9.17, 15) is 4.79 Å². The molecular weight excluding hydrogens is 248 g/mol. The van der Waals surface area contributed by atoms with Crippen LogP contribution in [0, 0.1) is 5.41 Å². The van der Waals surface area contributed by atoms with E-state index in [-0.39, 0.29) is 22.9 Å². The number of carbonyl (C=O) groups is 1. The fraction of sp³-hybridized carbons (Fsp3) is 0.412. The molecule has 0 saturated heterocycles. The van der Waals surface area contributed by atoms with Crippen LogP contribution in [-0.2, 0) is 10.2 Å². The van der Waals surface area contributed by atoms with Crippen molar-refractivity contribution >= 4 is 17.8 Å². The molecule has 3 rings (SSSR count). The van der Waals surface area contributed by atoms with Crippen LogP contribution in [0.3, 0.4) is 0 Å². The van der Waals surface area contributed by atoms with E-state index in [4.69, 9.17) is 0 Å². The number of hydrogen-bond donors (Lipinski definition) is 0. The Morgan fingerprint density at radius 1 is 1.50 bits per heavy atom. The second-order valence-corrected chi connectivity index (χ2v) is 6.21. The number of fused-ring (bicyclic) bond motifs is 3. The van der Waals surface area contributed by atoms with Crippen molar-refractivity contribution in [2.24, 2.45) is 10.4 Å². The lowest BCUT2D eigenvalue weighted by molar-refractivity contribution is -0.117. The fourth-order valence-electron chi connectivity index (χ4n) is 3.72. The number of benzene rings is 1. The second-order valence-electron chi connectivity index (χ2n) is 6.21. The van der Waals surface area contributed by atoms with Crippen LogP contribution in [0.15, 0.2) is 41.9 Å². The lowest BCUT2D eigenvalue weighted by Crippen LogP contribution is -2.50. The molecule has 0 fully saturated rings. The van der Waals surface area contributed by atoms with Crippen molar-refractivity contribution in [2.75, 3.05) is 4.90 Å². The summed E-state index contributed by atoms with van der Waals surface area (Å²) in [6, 6.07) is 8.17. The minimum atomic E-state index is -0.197. The maximum Gasteiger partial charge on any atom is 0.225 e. The van der Waals surface area contributed by atoms with Crippen molar-refractivity contribution in [1.29, 1.82) is 0 Å². The van der Waals surface area contributed by atoms with Crippen molar-refractivity contribution in [2.45, 2.75) is 38.8 Å². The first kappa shape index (κ1) is 13.1. The summed E-state index contributed by atoms with van der Waals surface area (Å²) < 4.78 is 0. The van der Waals surface area contributed by atoms with E-state index < -0.39 is 0 Å². The van der Waals surface area contributed by atoms with Crippen LogP contribution in [0.25, 0.3) is 0 Å². The maximum absolute atomic E-state index is 12.1. The average molecular weight is 268 g/mol. The van der Waals surface area contributed by atoms with Gasteiger partial charge in [-0.15, -0.1) is 6.58 Å². The molecule has 1 aromatic carbocycles. The Morgan fingerprint density at radius 3 is 2.85 bits per heavy atom. The van der Waals surface area contributed by atoms with Crippen molar-refractivity contribution in [3.8, 4) is 0 Å². The molecule has 2 aliphatic heterocycles. The summed E-state index contributed by atoms with van der Waals surface area (Å²) in [6.45, 7) is 9.99. The number of hydrogen-bond acceptors (Lipinski definition) is 2. The Bertz CT molecular complexity index is 617. The van der Waals surface area contributed by atoms with Gasteiger partial charge in [-0.3, -0.25) is 14.7 Å². The molecule has 0 aliphatic carbocycles. The molecule has 2 aliphatic rings. The summed E-state index contributed by atoms with van der Waals surface area (Å²) in [5.41, 5.74) is 1.87. The number of aliphatic imine (C=N–C) groups is 1. The van der Waals surface area contributed by atoms with Gasteiger partial charge in [-0.25, -0.2) is 0 Å². The van der Waals surface area contributed by atoms with E-state index in [0.29, 0.717) is 0 Å². The number of anilines is 1.